The standard InChI is InChI=1S/C8H7NO4/c9-5-3-1-2-4-6(5)13-8(12)7(10)11/h1-4H,9H2,(H,10,11). The normalized spacial score (nSPS) is 9.23. The molecule has 0 spiro atoms. The molecule has 3 N–H and O–H groups in total. The predicted molar refractivity (Wildman–Crippen MR) is 44.1 cm³/mol. The number of anilines is 1. The number of hydrogen-bond acceptors (Lipinski definition) is 4. The molecule has 0 saturated carbocycles. The summed E-state index contributed by atoms with van der Waals surface area (Å²) in [7, 11) is 0. The highest BCUT2D eigenvalue weighted by molar-refractivity contribution is 6.29. The van der Waals surface area contributed by atoms with Crippen LogP contribution in [0.25, 0.3) is 0 Å². The summed E-state index contributed by atoms with van der Waals surface area (Å²) in [5, 5.41) is 8.22. The van der Waals surface area contributed by atoms with Gasteiger partial charge in [-0.3, -0.25) is 0 Å². The van der Waals surface area contributed by atoms with E-state index in [2.05, 4.69) is 4.74 Å². The lowest BCUT2D eigenvalue weighted by Crippen LogP contribution is -2.19. The van der Waals surface area contributed by atoms with Crippen LogP contribution in [0.3, 0.4) is 0 Å². The van der Waals surface area contributed by atoms with Gasteiger partial charge < -0.3 is 15.6 Å². The molecule has 68 valence electrons. The number of carboxylic acid groups (broad SMARTS) is 1. The average molecular weight is 181 g/mol. The summed E-state index contributed by atoms with van der Waals surface area (Å²) in [6.45, 7) is 0. The minimum atomic E-state index is -1.65. The molecule has 1 aromatic rings. The van der Waals surface area contributed by atoms with Gasteiger partial charge in [-0.25, -0.2) is 9.59 Å². The first kappa shape index (κ1) is 9.05. The van der Waals surface area contributed by atoms with Crippen molar-refractivity contribution >= 4 is 17.6 Å². The van der Waals surface area contributed by atoms with Gasteiger partial charge in [-0.2, -0.15) is 0 Å². The molecule has 1 aromatic carbocycles. The van der Waals surface area contributed by atoms with Crippen LogP contribution in [0.5, 0.6) is 5.75 Å². The molecule has 0 radical (unpaired) electrons. The molecule has 5 nitrogen and oxygen atoms in total. The Bertz CT molecular complexity index is 348. The third kappa shape index (κ3) is 2.19. The van der Waals surface area contributed by atoms with Gasteiger partial charge in [0.1, 0.15) is 0 Å². The van der Waals surface area contributed by atoms with Crippen molar-refractivity contribution in [2.45, 2.75) is 0 Å². The Morgan fingerprint density at radius 3 is 2.46 bits per heavy atom. The van der Waals surface area contributed by atoms with Crippen molar-refractivity contribution in [3.05, 3.63) is 24.3 Å². The molecule has 13 heavy (non-hydrogen) atoms. The van der Waals surface area contributed by atoms with Gasteiger partial charge in [0, 0.05) is 0 Å². The number of para-hydroxylation sites is 2. The number of esters is 1. The third-order valence-electron chi connectivity index (χ3n) is 1.30. The van der Waals surface area contributed by atoms with Gasteiger partial charge in [0.05, 0.1) is 5.69 Å². The number of nitrogens with two attached hydrogens (primary N) is 1. The van der Waals surface area contributed by atoms with Gasteiger partial charge in [-0.15, -0.1) is 0 Å². The van der Waals surface area contributed by atoms with Crippen LogP contribution in [0, 0.1) is 0 Å². The molecule has 0 bridgehead atoms. The van der Waals surface area contributed by atoms with Crippen LogP contribution in [-0.4, -0.2) is 17.0 Å². The fourth-order valence-corrected chi connectivity index (χ4v) is 0.717. The Morgan fingerprint density at radius 2 is 1.92 bits per heavy atom. The van der Waals surface area contributed by atoms with Crippen molar-refractivity contribution in [2.75, 3.05) is 5.73 Å². The fourth-order valence-electron chi connectivity index (χ4n) is 0.717. The van der Waals surface area contributed by atoms with Crippen molar-refractivity contribution in [1.82, 2.24) is 0 Å². The number of hydrogen-bond donors (Lipinski definition) is 2. The molecule has 0 atom stereocenters. The Hall–Kier alpha value is -2.04. The lowest BCUT2D eigenvalue weighted by Gasteiger charge is -2.02. The van der Waals surface area contributed by atoms with E-state index in [1.54, 1.807) is 12.1 Å². The van der Waals surface area contributed by atoms with Gasteiger partial charge in [-0.05, 0) is 12.1 Å². The van der Waals surface area contributed by atoms with Gasteiger partial charge in [0.25, 0.3) is 0 Å². The Morgan fingerprint density at radius 1 is 1.31 bits per heavy atom. The van der Waals surface area contributed by atoms with E-state index in [1.165, 1.54) is 12.1 Å². The van der Waals surface area contributed by atoms with Crippen molar-refractivity contribution < 1.29 is 19.4 Å². The first-order valence-electron chi connectivity index (χ1n) is 3.41. The summed E-state index contributed by atoms with van der Waals surface area (Å²) >= 11 is 0. The van der Waals surface area contributed by atoms with Crippen LogP contribution in [-0.2, 0) is 9.59 Å². The molecule has 0 aliphatic carbocycles. The van der Waals surface area contributed by atoms with E-state index in [-0.39, 0.29) is 11.4 Å². The van der Waals surface area contributed by atoms with Crippen LogP contribution in [0.2, 0.25) is 0 Å². The number of ether oxygens (including phenoxy) is 1. The van der Waals surface area contributed by atoms with Gasteiger partial charge >= 0.3 is 11.9 Å². The maximum absolute atomic E-state index is 10.6. The zero-order chi connectivity index (χ0) is 9.84. The molecule has 0 heterocycles. The lowest BCUT2D eigenvalue weighted by molar-refractivity contribution is -0.158. The Kier molecular flexibility index (Phi) is 2.49. The van der Waals surface area contributed by atoms with E-state index in [0.717, 1.165) is 0 Å². The van der Waals surface area contributed by atoms with Crippen LogP contribution in [0.1, 0.15) is 0 Å². The van der Waals surface area contributed by atoms with E-state index < -0.39 is 11.9 Å². The second kappa shape index (κ2) is 3.57. The van der Waals surface area contributed by atoms with Crippen LogP contribution in [0.4, 0.5) is 5.69 Å². The molecule has 0 unspecified atom stereocenters. The largest absolute Gasteiger partial charge is 0.473 e. The zero-order valence-electron chi connectivity index (χ0n) is 6.56. The van der Waals surface area contributed by atoms with Gasteiger partial charge in [0.15, 0.2) is 5.75 Å². The Labute approximate surface area is 73.7 Å². The fraction of sp³-hybridized carbons (Fsp3) is 0. The summed E-state index contributed by atoms with van der Waals surface area (Å²) in [6, 6.07) is 6.15. The molecule has 0 fully saturated rings. The summed E-state index contributed by atoms with van der Waals surface area (Å²) in [5.74, 6) is -2.95. The second-order valence-corrected chi connectivity index (χ2v) is 2.23. The maximum Gasteiger partial charge on any atom is 0.422 e. The number of carbonyl (C=O) groups is 2. The lowest BCUT2D eigenvalue weighted by atomic mass is 10.3. The number of carboxylic acids is 1. The second-order valence-electron chi connectivity index (χ2n) is 2.23. The summed E-state index contributed by atoms with van der Waals surface area (Å²) in [4.78, 5) is 20.7. The highest BCUT2D eigenvalue weighted by Gasteiger charge is 2.14. The summed E-state index contributed by atoms with van der Waals surface area (Å²) < 4.78 is 4.44. The number of rotatable bonds is 1. The van der Waals surface area contributed by atoms with E-state index >= 15 is 0 Å². The van der Waals surface area contributed by atoms with Crippen LogP contribution < -0.4 is 10.5 Å². The monoisotopic (exact) mass is 181 g/mol. The van der Waals surface area contributed by atoms with E-state index in [1.807, 2.05) is 0 Å². The van der Waals surface area contributed by atoms with Crippen LogP contribution in [0.15, 0.2) is 24.3 Å². The quantitative estimate of drug-likeness (QED) is 0.280. The molecular weight excluding hydrogens is 174 g/mol. The highest BCUT2D eigenvalue weighted by atomic mass is 16.6. The molecule has 0 saturated heterocycles. The molecule has 5 heteroatoms. The molecular formula is C8H7NO4. The number of aliphatic carboxylic acids is 1. The first-order chi connectivity index (χ1) is 6.11. The summed E-state index contributed by atoms with van der Waals surface area (Å²) in [5.41, 5.74) is 5.62. The van der Waals surface area contributed by atoms with Crippen molar-refractivity contribution in [3.8, 4) is 5.75 Å². The molecule has 0 aliphatic heterocycles. The van der Waals surface area contributed by atoms with Crippen LogP contribution >= 0.6 is 0 Å². The SMILES string of the molecule is Nc1ccccc1OC(=O)C(=O)O. The average Bonchev–Trinajstić information content (AvgIpc) is 2.08. The molecule has 0 amide bonds. The topological polar surface area (TPSA) is 89.6 Å². The highest BCUT2D eigenvalue weighted by Crippen LogP contribution is 2.19. The minimum Gasteiger partial charge on any atom is -0.473 e. The molecule has 0 aliphatic rings. The van der Waals surface area contributed by atoms with Crippen molar-refractivity contribution in [1.29, 1.82) is 0 Å². The number of nitrogen functional groups attached to an aromatic ring is 1. The molecule has 1 rings (SSSR count). The van der Waals surface area contributed by atoms with Gasteiger partial charge in [0.2, 0.25) is 0 Å². The van der Waals surface area contributed by atoms with Crippen molar-refractivity contribution in [2.24, 2.45) is 0 Å². The summed E-state index contributed by atoms with van der Waals surface area (Å²) in [6.07, 6.45) is 0. The Balaban J connectivity index is 2.81. The predicted octanol–water partition coefficient (Wildman–Crippen LogP) is 0.259. The smallest absolute Gasteiger partial charge is 0.422 e. The maximum atomic E-state index is 10.6. The van der Waals surface area contributed by atoms with E-state index in [0.29, 0.717) is 0 Å². The number of carbonyl (C=O) groups excluding carboxylic acids is 1. The van der Waals surface area contributed by atoms with E-state index in [4.69, 9.17) is 10.8 Å². The minimum absolute atomic E-state index is 0.0508. The molecule has 0 aromatic heterocycles. The van der Waals surface area contributed by atoms with E-state index in [9.17, 15) is 9.59 Å². The number of benzene rings is 1. The third-order valence-corrected chi connectivity index (χ3v) is 1.30. The first-order valence-corrected chi connectivity index (χ1v) is 3.41. The van der Waals surface area contributed by atoms with Crippen molar-refractivity contribution in [3.63, 3.8) is 0 Å². The van der Waals surface area contributed by atoms with Gasteiger partial charge in [-0.1, -0.05) is 12.1 Å². The zero-order valence-corrected chi connectivity index (χ0v) is 6.56.